The highest BCUT2D eigenvalue weighted by atomic mass is 14.9. The number of aromatic nitrogens is 3. The largest absolute Gasteiger partial charge is 0.264 e. The van der Waals surface area contributed by atoms with Crippen LogP contribution in [-0.4, -0.2) is 15.0 Å². The molecule has 2 heterocycles. The van der Waals surface area contributed by atoms with Crippen LogP contribution in [0.25, 0.3) is 88.8 Å². The molecule has 0 bridgehead atoms. The molecule has 294 valence electrons. The van der Waals surface area contributed by atoms with E-state index >= 15 is 0 Å². The molecule has 0 N–H and O–H groups in total. The fourth-order valence-corrected chi connectivity index (χ4v) is 10.1. The number of hydrogen-bond donors (Lipinski definition) is 0. The summed E-state index contributed by atoms with van der Waals surface area (Å²) in [7, 11) is 0. The third kappa shape index (κ3) is 5.93. The molecular formula is C60H39N3. The van der Waals surface area contributed by atoms with Gasteiger partial charge in [-0.1, -0.05) is 200 Å². The molecule has 0 fully saturated rings. The predicted octanol–water partition coefficient (Wildman–Crippen LogP) is 14.9. The van der Waals surface area contributed by atoms with E-state index in [1.54, 1.807) is 6.20 Å². The van der Waals surface area contributed by atoms with Crippen molar-refractivity contribution in [1.82, 2.24) is 15.0 Å². The zero-order chi connectivity index (χ0) is 41.7. The van der Waals surface area contributed by atoms with Crippen LogP contribution in [0.15, 0.2) is 237 Å². The van der Waals surface area contributed by atoms with E-state index in [9.17, 15) is 0 Å². The highest BCUT2D eigenvalue weighted by Gasteiger charge is 2.48. The molecule has 0 saturated carbocycles. The number of hydrogen-bond acceptors (Lipinski definition) is 3. The molecule has 0 unspecified atom stereocenters. The van der Waals surface area contributed by atoms with Crippen LogP contribution in [0.5, 0.6) is 0 Å². The van der Waals surface area contributed by atoms with Crippen molar-refractivity contribution < 1.29 is 0 Å². The Balaban J connectivity index is 1.11. The molecule has 11 aromatic rings. The van der Waals surface area contributed by atoms with Crippen molar-refractivity contribution in [2.24, 2.45) is 0 Å². The maximum Gasteiger partial charge on any atom is 0.161 e. The maximum atomic E-state index is 5.38. The molecule has 0 atom stereocenters. The Kier molecular flexibility index (Phi) is 8.72. The minimum Gasteiger partial charge on any atom is -0.264 e. The number of fused-ring (bicyclic) bond motifs is 6. The fourth-order valence-electron chi connectivity index (χ4n) is 10.1. The van der Waals surface area contributed by atoms with Crippen LogP contribution in [0.3, 0.4) is 0 Å². The molecule has 2 aromatic heterocycles. The van der Waals surface area contributed by atoms with Crippen LogP contribution in [0.1, 0.15) is 22.3 Å². The average Bonchev–Trinajstić information content (AvgIpc) is 3.69. The molecule has 3 nitrogen and oxygen atoms in total. The summed E-state index contributed by atoms with van der Waals surface area (Å²) in [5.41, 5.74) is 16.3. The van der Waals surface area contributed by atoms with Crippen LogP contribution < -0.4 is 0 Å². The van der Waals surface area contributed by atoms with Gasteiger partial charge in [0.15, 0.2) is 5.82 Å². The van der Waals surface area contributed by atoms with E-state index in [1.807, 2.05) is 18.3 Å². The molecule has 0 saturated heterocycles. The Labute approximate surface area is 366 Å². The van der Waals surface area contributed by atoms with Gasteiger partial charge >= 0.3 is 0 Å². The number of nitrogens with zero attached hydrogens (tertiary/aromatic N) is 3. The van der Waals surface area contributed by atoms with Crippen LogP contribution in [0, 0.1) is 0 Å². The lowest BCUT2D eigenvalue weighted by molar-refractivity contribution is 0.771. The minimum absolute atomic E-state index is 0.583. The summed E-state index contributed by atoms with van der Waals surface area (Å²) in [5.74, 6) is 0.681. The van der Waals surface area contributed by atoms with Crippen LogP contribution in [0.4, 0.5) is 0 Å². The minimum atomic E-state index is -0.583. The van der Waals surface area contributed by atoms with Gasteiger partial charge in [0.25, 0.3) is 0 Å². The summed E-state index contributed by atoms with van der Waals surface area (Å²) >= 11 is 0. The molecule has 3 heteroatoms. The topological polar surface area (TPSA) is 38.7 Å². The molecule has 63 heavy (non-hydrogen) atoms. The van der Waals surface area contributed by atoms with Crippen molar-refractivity contribution in [3.63, 3.8) is 0 Å². The third-order valence-electron chi connectivity index (χ3n) is 12.9. The summed E-state index contributed by atoms with van der Waals surface area (Å²) in [6.07, 6.45) is 3.71. The molecule has 12 rings (SSSR count). The van der Waals surface area contributed by atoms with Gasteiger partial charge in [-0.15, -0.1) is 0 Å². The molecule has 0 amide bonds. The zero-order valence-electron chi connectivity index (χ0n) is 34.4. The molecule has 0 radical (unpaired) electrons. The molecule has 9 aromatic carbocycles. The van der Waals surface area contributed by atoms with E-state index in [2.05, 4.69) is 217 Å². The van der Waals surface area contributed by atoms with E-state index < -0.39 is 5.41 Å². The Hall–Kier alpha value is -8.27. The molecular weight excluding hydrogens is 763 g/mol. The van der Waals surface area contributed by atoms with Crippen molar-refractivity contribution in [3.8, 4) is 67.3 Å². The van der Waals surface area contributed by atoms with Crippen LogP contribution in [0.2, 0.25) is 0 Å². The summed E-state index contributed by atoms with van der Waals surface area (Å²) < 4.78 is 0. The summed E-state index contributed by atoms with van der Waals surface area (Å²) in [5, 5.41) is 4.74. The lowest BCUT2D eigenvalue weighted by Gasteiger charge is -2.35. The second-order valence-corrected chi connectivity index (χ2v) is 16.3. The maximum absolute atomic E-state index is 5.38. The Morgan fingerprint density at radius 2 is 0.921 bits per heavy atom. The van der Waals surface area contributed by atoms with E-state index in [4.69, 9.17) is 9.97 Å². The monoisotopic (exact) mass is 801 g/mol. The standard InChI is InChI=1S/C60H39N3/c1-4-18-41(19-5-1)55-38-56(43-21-14-20-42(37-43)44-22-16-36-61-39-44)63-59(62-55)52-34-33-50(48-28-12-13-29-49(48)52)51-30-15-31-53-57-47-27-11-10-17-40(47)32-35-54(57)60(58(51)53,45-23-6-2-7-24-45)46-25-8-3-9-26-46/h1-39H. The first-order valence-corrected chi connectivity index (χ1v) is 21.5. The number of rotatable bonds is 7. The zero-order valence-corrected chi connectivity index (χ0v) is 34.4. The van der Waals surface area contributed by atoms with E-state index in [-0.39, 0.29) is 0 Å². The van der Waals surface area contributed by atoms with Crippen LogP contribution >= 0.6 is 0 Å². The highest BCUT2D eigenvalue weighted by molar-refractivity contribution is 6.09. The molecule has 0 aliphatic heterocycles. The lowest BCUT2D eigenvalue weighted by atomic mass is 9.66. The van der Waals surface area contributed by atoms with Crippen molar-refractivity contribution >= 4 is 21.5 Å². The fraction of sp³-hybridized carbons (Fsp3) is 0.0167. The van der Waals surface area contributed by atoms with Gasteiger partial charge < -0.3 is 0 Å². The second kappa shape index (κ2) is 15.0. The van der Waals surface area contributed by atoms with E-state index in [0.717, 1.165) is 50.0 Å². The van der Waals surface area contributed by atoms with Gasteiger partial charge in [-0.3, -0.25) is 4.98 Å². The van der Waals surface area contributed by atoms with Gasteiger partial charge in [-0.25, -0.2) is 9.97 Å². The smallest absolute Gasteiger partial charge is 0.161 e. The third-order valence-corrected chi connectivity index (χ3v) is 12.9. The summed E-state index contributed by atoms with van der Waals surface area (Å²) in [6, 6.07) is 81.0. The van der Waals surface area contributed by atoms with Crippen molar-refractivity contribution in [2.45, 2.75) is 5.41 Å². The SMILES string of the molecule is c1ccc(-c2cc(-c3cccc(-c4cccnc4)c3)nc(-c3ccc(-c4cccc5c4C(c4ccccc4)(c4ccccc4)c4ccc6ccccc6c4-5)c4ccccc34)n2)cc1. The van der Waals surface area contributed by atoms with Crippen LogP contribution in [-0.2, 0) is 5.41 Å². The summed E-state index contributed by atoms with van der Waals surface area (Å²) in [4.78, 5) is 15.1. The highest BCUT2D eigenvalue weighted by Crippen LogP contribution is 2.60. The first-order chi connectivity index (χ1) is 31.3. The first-order valence-electron chi connectivity index (χ1n) is 21.5. The Bertz CT molecular complexity index is 3450. The number of benzene rings is 9. The van der Waals surface area contributed by atoms with Gasteiger partial charge in [-0.2, -0.15) is 0 Å². The van der Waals surface area contributed by atoms with Gasteiger partial charge in [0.1, 0.15) is 0 Å². The van der Waals surface area contributed by atoms with Crippen molar-refractivity contribution in [3.05, 3.63) is 259 Å². The van der Waals surface area contributed by atoms with E-state index in [0.29, 0.717) is 5.82 Å². The normalized spacial score (nSPS) is 12.6. The van der Waals surface area contributed by atoms with Crippen molar-refractivity contribution in [1.29, 1.82) is 0 Å². The predicted molar refractivity (Wildman–Crippen MR) is 259 cm³/mol. The van der Waals surface area contributed by atoms with Gasteiger partial charge in [0, 0.05) is 34.6 Å². The quantitative estimate of drug-likeness (QED) is 0.161. The Morgan fingerprint density at radius 3 is 1.65 bits per heavy atom. The van der Waals surface area contributed by atoms with Crippen molar-refractivity contribution in [2.75, 3.05) is 0 Å². The number of pyridine rings is 1. The van der Waals surface area contributed by atoms with E-state index in [1.165, 1.54) is 55.3 Å². The molecule has 1 aliphatic carbocycles. The first kappa shape index (κ1) is 36.6. The second-order valence-electron chi connectivity index (χ2n) is 16.3. The molecule has 0 spiro atoms. The Morgan fingerprint density at radius 1 is 0.349 bits per heavy atom. The average molecular weight is 802 g/mol. The summed E-state index contributed by atoms with van der Waals surface area (Å²) in [6.45, 7) is 0. The van der Waals surface area contributed by atoms with Gasteiger partial charge in [0.2, 0.25) is 0 Å². The van der Waals surface area contributed by atoms with Gasteiger partial charge in [0.05, 0.1) is 16.8 Å². The van der Waals surface area contributed by atoms with Gasteiger partial charge in [-0.05, 0) is 95.9 Å². The lowest BCUT2D eigenvalue weighted by Crippen LogP contribution is -2.29. The molecule has 1 aliphatic rings.